The fraction of sp³-hybridized carbons (Fsp3) is 0.227. The molecule has 0 aliphatic carbocycles. The first-order chi connectivity index (χ1) is 13.3. The predicted molar refractivity (Wildman–Crippen MR) is 108 cm³/mol. The zero-order valence-corrected chi connectivity index (χ0v) is 16.5. The van der Waals surface area contributed by atoms with E-state index in [0.717, 1.165) is 21.4 Å². The van der Waals surface area contributed by atoms with Gasteiger partial charge >= 0.3 is 6.03 Å². The summed E-state index contributed by atoms with van der Waals surface area (Å²) in [6.07, 6.45) is 0.0392. The average molecular weight is 377 g/mol. The maximum atomic E-state index is 13.1. The molecular weight excluding hydrogens is 354 g/mol. The highest BCUT2D eigenvalue weighted by atomic mass is 16.2. The van der Waals surface area contributed by atoms with Crippen LogP contribution in [0.5, 0.6) is 0 Å². The lowest BCUT2D eigenvalue weighted by atomic mass is 10.1. The Morgan fingerprint density at radius 3 is 2.14 bits per heavy atom. The van der Waals surface area contributed by atoms with Crippen molar-refractivity contribution in [1.82, 2.24) is 14.4 Å². The number of hydrogen-bond donors (Lipinski definition) is 0. The van der Waals surface area contributed by atoms with Gasteiger partial charge in [-0.25, -0.2) is 4.79 Å². The number of nitrogens with zero attached hydrogens (tertiary/aromatic N) is 3. The molecule has 0 unspecified atom stereocenters. The molecule has 0 saturated heterocycles. The molecule has 28 heavy (non-hydrogen) atoms. The van der Waals surface area contributed by atoms with Crippen LogP contribution in [0.15, 0.2) is 54.6 Å². The summed E-state index contributed by atoms with van der Waals surface area (Å²) in [6.45, 7) is 1.83. The highest BCUT2D eigenvalue weighted by Gasteiger charge is 2.24. The van der Waals surface area contributed by atoms with Crippen LogP contribution in [0.4, 0.5) is 4.79 Å². The van der Waals surface area contributed by atoms with Gasteiger partial charge in [0.1, 0.15) is 0 Å². The van der Waals surface area contributed by atoms with Crippen molar-refractivity contribution in [3.8, 4) is 0 Å². The minimum absolute atomic E-state index is 0.0392. The summed E-state index contributed by atoms with van der Waals surface area (Å²) < 4.78 is 1.64. The lowest BCUT2D eigenvalue weighted by Crippen LogP contribution is -2.41. The van der Waals surface area contributed by atoms with Gasteiger partial charge in [-0.2, -0.15) is 0 Å². The maximum absolute atomic E-state index is 13.1. The number of amides is 3. The van der Waals surface area contributed by atoms with Crippen molar-refractivity contribution in [3.63, 3.8) is 0 Å². The van der Waals surface area contributed by atoms with Crippen molar-refractivity contribution in [2.24, 2.45) is 0 Å². The number of likely N-dealkylation sites (N-methyl/N-ethyl adjacent to an activating group) is 1. The van der Waals surface area contributed by atoms with E-state index in [9.17, 15) is 14.4 Å². The van der Waals surface area contributed by atoms with Crippen LogP contribution >= 0.6 is 0 Å². The van der Waals surface area contributed by atoms with Gasteiger partial charge in [0.2, 0.25) is 5.91 Å². The van der Waals surface area contributed by atoms with Gasteiger partial charge < -0.3 is 4.90 Å². The van der Waals surface area contributed by atoms with Crippen LogP contribution < -0.4 is 0 Å². The summed E-state index contributed by atoms with van der Waals surface area (Å²) in [5.41, 5.74) is 2.78. The number of carbonyl (C=O) groups excluding carboxylic acids is 3. The van der Waals surface area contributed by atoms with Crippen LogP contribution in [0.2, 0.25) is 0 Å². The Kier molecular flexibility index (Phi) is 5.31. The summed E-state index contributed by atoms with van der Waals surface area (Å²) in [4.78, 5) is 40.4. The van der Waals surface area contributed by atoms with Crippen LogP contribution in [0, 0.1) is 6.92 Å². The highest BCUT2D eigenvalue weighted by Crippen LogP contribution is 2.27. The van der Waals surface area contributed by atoms with Gasteiger partial charge in [0.05, 0.1) is 11.9 Å². The van der Waals surface area contributed by atoms with Crippen LogP contribution in [-0.2, 0) is 11.2 Å². The third kappa shape index (κ3) is 3.41. The molecule has 0 bridgehead atoms. The molecule has 0 saturated carbocycles. The minimum Gasteiger partial charge on any atom is -0.330 e. The molecule has 6 heteroatoms. The van der Waals surface area contributed by atoms with Gasteiger partial charge in [-0.05, 0) is 30.7 Å². The van der Waals surface area contributed by atoms with Gasteiger partial charge in [-0.15, -0.1) is 0 Å². The van der Waals surface area contributed by atoms with E-state index in [1.165, 1.54) is 11.9 Å². The van der Waals surface area contributed by atoms with E-state index in [0.29, 0.717) is 11.3 Å². The smallest absolute Gasteiger partial charge is 0.325 e. The Morgan fingerprint density at radius 1 is 0.893 bits per heavy atom. The summed E-state index contributed by atoms with van der Waals surface area (Å²) in [5, 5.41) is 0.836. The Labute approximate surface area is 164 Å². The molecule has 0 aliphatic heterocycles. The molecular formula is C22H23N3O3. The van der Waals surface area contributed by atoms with Crippen molar-refractivity contribution < 1.29 is 14.4 Å². The Balaban J connectivity index is 2.05. The second-order valence-electron chi connectivity index (χ2n) is 6.89. The lowest BCUT2D eigenvalue weighted by Gasteiger charge is -2.20. The Hall–Kier alpha value is -3.41. The molecule has 0 atom stereocenters. The number of para-hydroxylation sites is 1. The monoisotopic (exact) mass is 377 g/mol. The molecule has 144 valence electrons. The van der Waals surface area contributed by atoms with E-state index in [2.05, 4.69) is 0 Å². The first-order valence-electron chi connectivity index (χ1n) is 8.99. The number of fused-ring (bicyclic) bond motifs is 1. The zero-order valence-electron chi connectivity index (χ0n) is 16.5. The standard InChI is InChI=1S/C22H23N3O3/c1-15-18(14-20(26)24(4)22(28)23(2)3)17-12-8-9-13-19(17)25(15)21(27)16-10-6-5-7-11-16/h5-13H,14H2,1-4H3. The van der Waals surface area contributed by atoms with E-state index in [1.807, 2.05) is 49.4 Å². The van der Waals surface area contributed by atoms with Crippen molar-refractivity contribution in [2.45, 2.75) is 13.3 Å². The summed E-state index contributed by atoms with van der Waals surface area (Å²) in [5.74, 6) is -0.470. The first kappa shape index (κ1) is 19.4. The van der Waals surface area contributed by atoms with E-state index >= 15 is 0 Å². The summed E-state index contributed by atoms with van der Waals surface area (Å²) in [6, 6.07) is 16.2. The van der Waals surface area contributed by atoms with Crippen molar-refractivity contribution in [2.75, 3.05) is 21.1 Å². The van der Waals surface area contributed by atoms with Crippen molar-refractivity contribution >= 4 is 28.7 Å². The van der Waals surface area contributed by atoms with Crippen LogP contribution in [-0.4, -0.2) is 53.4 Å². The number of aromatic nitrogens is 1. The Bertz CT molecular complexity index is 1050. The molecule has 3 aromatic rings. The average Bonchev–Trinajstić information content (AvgIpc) is 2.98. The molecule has 6 nitrogen and oxygen atoms in total. The summed E-state index contributed by atoms with van der Waals surface area (Å²) >= 11 is 0. The fourth-order valence-corrected chi connectivity index (χ4v) is 3.31. The second-order valence-corrected chi connectivity index (χ2v) is 6.89. The third-order valence-electron chi connectivity index (χ3n) is 4.84. The quantitative estimate of drug-likeness (QED) is 0.703. The molecule has 0 spiro atoms. The van der Waals surface area contributed by atoms with E-state index < -0.39 is 0 Å². The van der Waals surface area contributed by atoms with Crippen LogP contribution in [0.1, 0.15) is 21.6 Å². The normalized spacial score (nSPS) is 10.7. The molecule has 0 fully saturated rings. The zero-order chi connectivity index (χ0) is 20.4. The fourth-order valence-electron chi connectivity index (χ4n) is 3.31. The molecule has 3 rings (SSSR count). The number of urea groups is 1. The van der Waals surface area contributed by atoms with Gasteiger partial charge in [0, 0.05) is 37.8 Å². The topological polar surface area (TPSA) is 62.6 Å². The largest absolute Gasteiger partial charge is 0.330 e. The van der Waals surface area contributed by atoms with Gasteiger partial charge in [0.15, 0.2) is 0 Å². The highest BCUT2D eigenvalue weighted by molar-refractivity contribution is 6.05. The molecule has 0 N–H and O–H groups in total. The van der Waals surface area contributed by atoms with Gasteiger partial charge in [-0.1, -0.05) is 36.4 Å². The van der Waals surface area contributed by atoms with E-state index in [-0.39, 0.29) is 24.3 Å². The van der Waals surface area contributed by atoms with Crippen molar-refractivity contribution in [3.05, 3.63) is 71.4 Å². The molecule has 0 aliphatic rings. The number of carbonyl (C=O) groups is 3. The number of hydrogen-bond acceptors (Lipinski definition) is 3. The minimum atomic E-state index is -0.383. The molecule has 2 aromatic carbocycles. The maximum Gasteiger partial charge on any atom is 0.325 e. The summed E-state index contributed by atoms with van der Waals surface area (Å²) in [7, 11) is 4.66. The van der Waals surface area contributed by atoms with Gasteiger partial charge in [0.25, 0.3) is 5.91 Å². The third-order valence-corrected chi connectivity index (χ3v) is 4.84. The number of rotatable bonds is 3. The van der Waals surface area contributed by atoms with Crippen LogP contribution in [0.3, 0.4) is 0 Å². The van der Waals surface area contributed by atoms with Crippen molar-refractivity contribution in [1.29, 1.82) is 0 Å². The second kappa shape index (κ2) is 7.68. The predicted octanol–water partition coefficient (Wildman–Crippen LogP) is 3.32. The lowest BCUT2D eigenvalue weighted by molar-refractivity contribution is -0.126. The first-order valence-corrected chi connectivity index (χ1v) is 8.99. The van der Waals surface area contributed by atoms with E-state index in [1.54, 1.807) is 30.8 Å². The van der Waals surface area contributed by atoms with Gasteiger partial charge in [-0.3, -0.25) is 19.1 Å². The van der Waals surface area contributed by atoms with E-state index in [4.69, 9.17) is 0 Å². The molecule has 1 aromatic heterocycles. The Morgan fingerprint density at radius 2 is 1.50 bits per heavy atom. The molecule has 3 amide bonds. The molecule has 0 radical (unpaired) electrons. The number of benzene rings is 2. The number of imide groups is 1. The molecule has 1 heterocycles. The van der Waals surface area contributed by atoms with Crippen LogP contribution in [0.25, 0.3) is 10.9 Å². The SMILES string of the molecule is Cc1c(CC(=O)N(C)C(=O)N(C)C)c2ccccc2n1C(=O)c1ccccc1.